The quantitative estimate of drug-likeness (QED) is 0.662. The zero-order valence-corrected chi connectivity index (χ0v) is 11.9. The predicted molar refractivity (Wildman–Crippen MR) is 76.9 cm³/mol. The molecule has 1 fully saturated rings. The Morgan fingerprint density at radius 1 is 1.55 bits per heavy atom. The van der Waals surface area contributed by atoms with Crippen LogP contribution >= 0.6 is 0 Å². The Kier molecular flexibility index (Phi) is 3.92. The van der Waals surface area contributed by atoms with Gasteiger partial charge in [-0.2, -0.15) is 0 Å². The van der Waals surface area contributed by atoms with E-state index in [-0.39, 0.29) is 17.2 Å². The third-order valence-electron chi connectivity index (χ3n) is 3.84. The number of carbonyl (C=O) groups excluding carboxylic acids is 1. The molecule has 1 amide bonds. The number of hydrogen-bond donors (Lipinski definition) is 1. The van der Waals surface area contributed by atoms with E-state index in [0.29, 0.717) is 24.1 Å². The molecule has 1 saturated carbocycles. The third-order valence-corrected chi connectivity index (χ3v) is 3.84. The van der Waals surface area contributed by atoms with Gasteiger partial charge in [0, 0.05) is 32.4 Å². The zero-order valence-electron chi connectivity index (χ0n) is 11.9. The first-order valence-corrected chi connectivity index (χ1v) is 6.65. The third kappa shape index (κ3) is 2.89. The van der Waals surface area contributed by atoms with Crippen molar-refractivity contribution in [3.8, 4) is 0 Å². The van der Waals surface area contributed by atoms with E-state index in [2.05, 4.69) is 12.2 Å². The molecule has 1 aliphatic rings. The highest BCUT2D eigenvalue weighted by Crippen LogP contribution is 2.38. The van der Waals surface area contributed by atoms with Crippen LogP contribution in [-0.4, -0.2) is 36.4 Å². The van der Waals surface area contributed by atoms with Crippen molar-refractivity contribution in [3.63, 3.8) is 0 Å². The first-order valence-electron chi connectivity index (χ1n) is 6.65. The molecule has 0 saturated heterocycles. The molecule has 0 radical (unpaired) electrons. The van der Waals surface area contributed by atoms with Gasteiger partial charge in [0.05, 0.1) is 4.92 Å². The zero-order chi connectivity index (χ0) is 14.9. The molecule has 1 aliphatic carbocycles. The molecule has 1 N–H and O–H groups in total. The van der Waals surface area contributed by atoms with Crippen molar-refractivity contribution in [2.24, 2.45) is 11.8 Å². The van der Waals surface area contributed by atoms with Gasteiger partial charge in [-0.05, 0) is 30.4 Å². The summed E-state index contributed by atoms with van der Waals surface area (Å²) in [5, 5.41) is 13.9. The van der Waals surface area contributed by atoms with Crippen molar-refractivity contribution < 1.29 is 9.72 Å². The summed E-state index contributed by atoms with van der Waals surface area (Å²) in [4.78, 5) is 24.5. The molecule has 0 aromatic heterocycles. The minimum Gasteiger partial charge on any atom is -0.388 e. The average molecular weight is 277 g/mol. The summed E-state index contributed by atoms with van der Waals surface area (Å²) < 4.78 is 0. The molecular weight excluding hydrogens is 258 g/mol. The maximum absolute atomic E-state index is 12.4. The lowest BCUT2D eigenvalue weighted by Crippen LogP contribution is -2.29. The van der Waals surface area contributed by atoms with Gasteiger partial charge in [-0.25, -0.2) is 0 Å². The van der Waals surface area contributed by atoms with E-state index in [1.807, 2.05) is 0 Å². The highest BCUT2D eigenvalue weighted by molar-refractivity contribution is 5.99. The highest BCUT2D eigenvalue weighted by Gasteiger charge is 2.35. The maximum Gasteiger partial charge on any atom is 0.282 e. The first kappa shape index (κ1) is 14.3. The van der Waals surface area contributed by atoms with Gasteiger partial charge >= 0.3 is 0 Å². The van der Waals surface area contributed by atoms with Crippen LogP contribution in [0.4, 0.5) is 11.4 Å². The van der Waals surface area contributed by atoms with E-state index in [4.69, 9.17) is 0 Å². The molecule has 2 atom stereocenters. The molecule has 1 aromatic rings. The molecule has 2 rings (SSSR count). The highest BCUT2D eigenvalue weighted by atomic mass is 16.6. The van der Waals surface area contributed by atoms with Gasteiger partial charge in [0.1, 0.15) is 5.56 Å². The number of carbonyl (C=O) groups is 1. The Morgan fingerprint density at radius 2 is 2.20 bits per heavy atom. The maximum atomic E-state index is 12.4. The van der Waals surface area contributed by atoms with Gasteiger partial charge in [-0.3, -0.25) is 14.9 Å². The molecule has 1 aromatic carbocycles. The number of nitro benzene ring substituents is 1. The van der Waals surface area contributed by atoms with Gasteiger partial charge in [0.2, 0.25) is 0 Å². The minimum atomic E-state index is -0.514. The summed E-state index contributed by atoms with van der Waals surface area (Å²) in [6.07, 6.45) is 1.12. The molecule has 6 heteroatoms. The number of nitro groups is 1. The lowest BCUT2D eigenvalue weighted by molar-refractivity contribution is -0.385. The van der Waals surface area contributed by atoms with E-state index < -0.39 is 4.92 Å². The monoisotopic (exact) mass is 277 g/mol. The molecule has 0 spiro atoms. The summed E-state index contributed by atoms with van der Waals surface area (Å²) in [6.45, 7) is 2.80. The molecule has 2 unspecified atom stereocenters. The van der Waals surface area contributed by atoms with Crippen molar-refractivity contribution >= 4 is 17.3 Å². The van der Waals surface area contributed by atoms with Gasteiger partial charge in [-0.1, -0.05) is 6.92 Å². The second-order valence-electron chi connectivity index (χ2n) is 5.40. The molecule has 6 nitrogen and oxygen atoms in total. The van der Waals surface area contributed by atoms with Gasteiger partial charge in [0.25, 0.3) is 11.6 Å². The number of benzene rings is 1. The normalized spacial score (nSPS) is 20.4. The second-order valence-corrected chi connectivity index (χ2v) is 5.40. The van der Waals surface area contributed by atoms with Crippen LogP contribution in [0.15, 0.2) is 18.2 Å². The van der Waals surface area contributed by atoms with Crippen LogP contribution in [0.2, 0.25) is 0 Å². The van der Waals surface area contributed by atoms with Crippen LogP contribution in [0.25, 0.3) is 0 Å². The van der Waals surface area contributed by atoms with E-state index in [9.17, 15) is 14.9 Å². The van der Waals surface area contributed by atoms with E-state index in [0.717, 1.165) is 6.42 Å². The molecule has 20 heavy (non-hydrogen) atoms. The average Bonchev–Trinajstić information content (AvgIpc) is 3.12. The van der Waals surface area contributed by atoms with E-state index in [1.165, 1.54) is 12.1 Å². The summed E-state index contributed by atoms with van der Waals surface area (Å²) in [7, 11) is 3.41. The number of nitrogens with one attached hydrogen (secondary N) is 1. The fourth-order valence-electron chi connectivity index (χ4n) is 2.32. The standard InChI is InChI=1S/C14H19N3O3/c1-9-6-10(9)8-16(3)14(18)12-7-11(15-2)4-5-13(12)17(19)20/h4-5,7,9-10,15H,6,8H2,1-3H3. The van der Waals surface area contributed by atoms with E-state index in [1.54, 1.807) is 25.1 Å². The van der Waals surface area contributed by atoms with Crippen LogP contribution in [0.5, 0.6) is 0 Å². The van der Waals surface area contributed by atoms with Gasteiger partial charge in [0.15, 0.2) is 0 Å². The van der Waals surface area contributed by atoms with Crippen LogP contribution < -0.4 is 5.32 Å². The van der Waals surface area contributed by atoms with Crippen LogP contribution in [-0.2, 0) is 0 Å². The number of hydrogen-bond acceptors (Lipinski definition) is 4. The second kappa shape index (κ2) is 5.48. The Morgan fingerprint density at radius 3 is 2.70 bits per heavy atom. The summed E-state index contributed by atoms with van der Waals surface area (Å²) in [6, 6.07) is 4.50. The summed E-state index contributed by atoms with van der Waals surface area (Å²) in [5.41, 5.74) is 0.675. The fourth-order valence-corrected chi connectivity index (χ4v) is 2.32. The van der Waals surface area contributed by atoms with Crippen molar-refractivity contribution in [3.05, 3.63) is 33.9 Å². The summed E-state index contributed by atoms with van der Waals surface area (Å²) in [5.74, 6) is 0.868. The SMILES string of the molecule is CNc1ccc([N+](=O)[O-])c(C(=O)N(C)CC2CC2C)c1. The fraction of sp³-hybridized carbons (Fsp3) is 0.500. The summed E-state index contributed by atoms with van der Waals surface area (Å²) >= 11 is 0. The minimum absolute atomic E-state index is 0.137. The molecule has 108 valence electrons. The van der Waals surface area contributed by atoms with Crippen molar-refractivity contribution in [1.82, 2.24) is 4.90 Å². The largest absolute Gasteiger partial charge is 0.388 e. The predicted octanol–water partition coefficient (Wildman–Crippen LogP) is 2.36. The molecule has 0 aliphatic heterocycles. The molecule has 0 bridgehead atoms. The number of amides is 1. The van der Waals surface area contributed by atoms with Crippen LogP contribution in [0.3, 0.4) is 0 Å². The number of nitrogens with zero attached hydrogens (tertiary/aromatic N) is 2. The van der Waals surface area contributed by atoms with Gasteiger partial charge < -0.3 is 10.2 Å². The van der Waals surface area contributed by atoms with Crippen molar-refractivity contribution in [1.29, 1.82) is 0 Å². The molecular formula is C14H19N3O3. The number of anilines is 1. The Bertz CT molecular complexity index is 544. The van der Waals surface area contributed by atoms with E-state index >= 15 is 0 Å². The van der Waals surface area contributed by atoms with Crippen LogP contribution in [0, 0.1) is 22.0 Å². The first-order chi connectivity index (χ1) is 9.43. The smallest absolute Gasteiger partial charge is 0.282 e. The Hall–Kier alpha value is -2.11. The lowest BCUT2D eigenvalue weighted by atomic mass is 10.1. The number of rotatable bonds is 5. The molecule has 0 heterocycles. The van der Waals surface area contributed by atoms with Gasteiger partial charge in [-0.15, -0.1) is 0 Å². The topological polar surface area (TPSA) is 75.5 Å². The lowest BCUT2D eigenvalue weighted by Gasteiger charge is -2.17. The Balaban J connectivity index is 2.24. The Labute approximate surface area is 117 Å². The van der Waals surface area contributed by atoms with Crippen molar-refractivity contribution in [2.45, 2.75) is 13.3 Å². The van der Waals surface area contributed by atoms with Crippen LogP contribution in [0.1, 0.15) is 23.7 Å². The van der Waals surface area contributed by atoms with Crippen molar-refractivity contribution in [2.75, 3.05) is 26.0 Å².